The number of nitrogens with zero attached hydrogens (tertiary/aromatic N) is 5. The first-order valence-electron chi connectivity index (χ1n) is 6.68. The molecule has 0 unspecified atom stereocenters. The largest absolute Gasteiger partial charge is 0.333 e. The van der Waals surface area contributed by atoms with Gasteiger partial charge < -0.3 is 4.52 Å². The highest BCUT2D eigenvalue weighted by atomic mass is 32.1. The fraction of sp³-hybridized carbons (Fsp3) is 0.0667. The number of hydrogen-bond acceptors (Lipinski definition) is 6. The first-order chi connectivity index (χ1) is 10.8. The minimum Gasteiger partial charge on any atom is -0.333 e. The van der Waals surface area contributed by atoms with E-state index in [9.17, 15) is 0 Å². The van der Waals surface area contributed by atoms with Crippen LogP contribution in [0.3, 0.4) is 0 Å². The lowest BCUT2D eigenvalue weighted by molar-refractivity contribution is 0.433. The van der Waals surface area contributed by atoms with E-state index in [1.807, 2.05) is 54.8 Å². The topological polar surface area (TPSA) is 69.6 Å². The van der Waals surface area contributed by atoms with Gasteiger partial charge in [-0.2, -0.15) is 4.98 Å². The van der Waals surface area contributed by atoms with Crippen LogP contribution in [0.25, 0.3) is 28.0 Å². The van der Waals surface area contributed by atoms with Crippen LogP contribution >= 0.6 is 11.3 Å². The lowest BCUT2D eigenvalue weighted by Gasteiger charge is -2.01. The third-order valence-corrected chi connectivity index (χ3v) is 4.12. The predicted octanol–water partition coefficient (Wildman–Crippen LogP) is 3.35. The van der Waals surface area contributed by atoms with Crippen molar-refractivity contribution >= 4 is 11.3 Å². The van der Waals surface area contributed by atoms with Crippen LogP contribution in [0.15, 0.2) is 52.4 Å². The molecule has 0 aliphatic rings. The molecule has 22 heavy (non-hydrogen) atoms. The molecule has 3 heterocycles. The van der Waals surface area contributed by atoms with E-state index in [1.54, 1.807) is 16.0 Å². The summed E-state index contributed by atoms with van der Waals surface area (Å²) in [5, 5.41) is 14.4. The van der Waals surface area contributed by atoms with Gasteiger partial charge in [0.2, 0.25) is 5.82 Å². The minimum absolute atomic E-state index is 0.447. The quantitative estimate of drug-likeness (QED) is 0.580. The van der Waals surface area contributed by atoms with Gasteiger partial charge in [-0.25, -0.2) is 4.68 Å². The Morgan fingerprint density at radius 3 is 2.73 bits per heavy atom. The van der Waals surface area contributed by atoms with Gasteiger partial charge in [-0.15, -0.1) is 16.4 Å². The van der Waals surface area contributed by atoms with E-state index >= 15 is 0 Å². The van der Waals surface area contributed by atoms with Crippen molar-refractivity contribution in [1.29, 1.82) is 0 Å². The molecule has 0 radical (unpaired) electrons. The Kier molecular flexibility index (Phi) is 3.05. The van der Waals surface area contributed by atoms with Gasteiger partial charge in [0.1, 0.15) is 0 Å². The lowest BCUT2D eigenvalue weighted by Crippen LogP contribution is -1.98. The molecule has 6 nitrogen and oxygen atoms in total. The van der Waals surface area contributed by atoms with Gasteiger partial charge in [0.15, 0.2) is 5.69 Å². The van der Waals surface area contributed by atoms with E-state index in [4.69, 9.17) is 4.52 Å². The summed E-state index contributed by atoms with van der Waals surface area (Å²) in [5.41, 5.74) is 2.43. The third kappa shape index (κ3) is 2.11. The Morgan fingerprint density at radius 1 is 1.09 bits per heavy atom. The van der Waals surface area contributed by atoms with E-state index in [0.717, 1.165) is 16.3 Å². The van der Waals surface area contributed by atoms with Crippen molar-refractivity contribution in [2.24, 2.45) is 0 Å². The van der Waals surface area contributed by atoms with Crippen LogP contribution in [0.5, 0.6) is 0 Å². The van der Waals surface area contributed by atoms with Gasteiger partial charge in [0.05, 0.1) is 16.3 Å². The monoisotopic (exact) mass is 309 g/mol. The Labute approximate surface area is 130 Å². The summed E-state index contributed by atoms with van der Waals surface area (Å²) >= 11 is 1.55. The molecule has 0 aliphatic carbocycles. The zero-order valence-electron chi connectivity index (χ0n) is 11.7. The number of aromatic nitrogens is 5. The van der Waals surface area contributed by atoms with Crippen LogP contribution in [-0.4, -0.2) is 25.1 Å². The maximum atomic E-state index is 5.31. The standard InChI is InChI=1S/C15H11N5OS/c1-10-13(17-19-20(10)11-6-3-2-4-7-11)14-16-15(21-18-14)12-8-5-9-22-12/h2-9H,1H3. The van der Waals surface area contributed by atoms with E-state index in [2.05, 4.69) is 20.5 Å². The van der Waals surface area contributed by atoms with Crippen LogP contribution in [0, 0.1) is 6.92 Å². The van der Waals surface area contributed by atoms with Crippen molar-refractivity contribution < 1.29 is 4.52 Å². The number of para-hydroxylation sites is 1. The van der Waals surface area contributed by atoms with Crippen LogP contribution in [0.1, 0.15) is 5.69 Å². The van der Waals surface area contributed by atoms with Crippen molar-refractivity contribution in [2.75, 3.05) is 0 Å². The van der Waals surface area contributed by atoms with Crippen LogP contribution in [0.4, 0.5) is 0 Å². The number of rotatable bonds is 3. The smallest absolute Gasteiger partial charge is 0.268 e. The minimum atomic E-state index is 0.447. The Morgan fingerprint density at radius 2 is 1.95 bits per heavy atom. The molecular formula is C15H11N5OS. The third-order valence-electron chi connectivity index (χ3n) is 3.27. The van der Waals surface area contributed by atoms with Crippen molar-refractivity contribution in [3.63, 3.8) is 0 Å². The van der Waals surface area contributed by atoms with E-state index in [-0.39, 0.29) is 0 Å². The SMILES string of the molecule is Cc1c(-c2noc(-c3cccs3)n2)nnn1-c1ccccc1. The van der Waals surface area contributed by atoms with Crippen molar-refractivity contribution in [3.8, 4) is 28.0 Å². The fourth-order valence-electron chi connectivity index (χ4n) is 2.17. The van der Waals surface area contributed by atoms with E-state index in [1.165, 1.54) is 0 Å². The van der Waals surface area contributed by atoms with Crippen molar-refractivity contribution in [1.82, 2.24) is 25.1 Å². The Hall–Kier alpha value is -2.80. The highest BCUT2D eigenvalue weighted by Crippen LogP contribution is 2.26. The highest BCUT2D eigenvalue weighted by molar-refractivity contribution is 7.13. The van der Waals surface area contributed by atoms with E-state index < -0.39 is 0 Å². The number of thiophene rings is 1. The van der Waals surface area contributed by atoms with Gasteiger partial charge >= 0.3 is 0 Å². The Balaban J connectivity index is 1.74. The molecule has 0 atom stereocenters. The molecular weight excluding hydrogens is 298 g/mol. The van der Waals surface area contributed by atoms with E-state index in [0.29, 0.717) is 17.4 Å². The van der Waals surface area contributed by atoms with Crippen LogP contribution in [-0.2, 0) is 0 Å². The zero-order valence-corrected chi connectivity index (χ0v) is 12.5. The first kappa shape index (κ1) is 12.9. The normalized spacial score (nSPS) is 11.0. The van der Waals surface area contributed by atoms with Crippen molar-refractivity contribution in [2.45, 2.75) is 6.92 Å². The van der Waals surface area contributed by atoms with Crippen LogP contribution < -0.4 is 0 Å². The average Bonchev–Trinajstić information content (AvgIpc) is 3.28. The van der Waals surface area contributed by atoms with Gasteiger partial charge in [-0.1, -0.05) is 34.6 Å². The van der Waals surface area contributed by atoms with Gasteiger partial charge in [-0.3, -0.25) is 0 Å². The second kappa shape index (κ2) is 5.19. The molecule has 0 N–H and O–H groups in total. The molecule has 4 rings (SSSR count). The summed E-state index contributed by atoms with van der Waals surface area (Å²) in [4.78, 5) is 5.34. The summed E-state index contributed by atoms with van der Waals surface area (Å²) in [6, 6.07) is 13.7. The molecule has 0 saturated heterocycles. The average molecular weight is 309 g/mol. The summed E-state index contributed by atoms with van der Waals surface area (Å²) in [5.74, 6) is 0.946. The number of hydrogen-bond donors (Lipinski definition) is 0. The molecule has 0 fully saturated rings. The molecule has 7 heteroatoms. The lowest BCUT2D eigenvalue weighted by atomic mass is 10.3. The molecule has 0 saturated carbocycles. The maximum Gasteiger partial charge on any atom is 0.268 e. The van der Waals surface area contributed by atoms with Gasteiger partial charge in [0.25, 0.3) is 5.89 Å². The predicted molar refractivity (Wildman–Crippen MR) is 82.7 cm³/mol. The first-order valence-corrected chi connectivity index (χ1v) is 7.56. The summed E-state index contributed by atoms with van der Waals surface area (Å²) in [7, 11) is 0. The second-order valence-corrected chi connectivity index (χ2v) is 5.62. The molecule has 3 aromatic heterocycles. The zero-order chi connectivity index (χ0) is 14.9. The summed E-state index contributed by atoms with van der Waals surface area (Å²) < 4.78 is 7.07. The molecule has 0 amide bonds. The molecule has 1 aromatic carbocycles. The second-order valence-electron chi connectivity index (χ2n) is 4.67. The van der Waals surface area contributed by atoms with Gasteiger partial charge in [-0.05, 0) is 30.5 Å². The summed E-state index contributed by atoms with van der Waals surface area (Å²) in [6.07, 6.45) is 0. The summed E-state index contributed by atoms with van der Waals surface area (Å²) in [6.45, 7) is 1.93. The molecule has 4 aromatic rings. The molecule has 0 aliphatic heterocycles. The number of benzene rings is 1. The molecule has 0 spiro atoms. The molecule has 108 valence electrons. The van der Waals surface area contributed by atoms with Crippen LogP contribution in [0.2, 0.25) is 0 Å². The fourth-order valence-corrected chi connectivity index (χ4v) is 2.81. The van der Waals surface area contributed by atoms with Gasteiger partial charge in [0, 0.05) is 0 Å². The Bertz CT molecular complexity index is 895. The van der Waals surface area contributed by atoms with Crippen molar-refractivity contribution in [3.05, 3.63) is 53.5 Å². The molecule has 0 bridgehead atoms. The highest BCUT2D eigenvalue weighted by Gasteiger charge is 2.18. The maximum absolute atomic E-state index is 5.31.